The number of benzene rings is 1. The molecular formula is C20H28FN3O. The summed E-state index contributed by atoms with van der Waals surface area (Å²) in [6.45, 7) is 7.66. The summed E-state index contributed by atoms with van der Waals surface area (Å²) in [4.78, 5) is 4.85. The van der Waals surface area contributed by atoms with Crippen LogP contribution in [0.5, 0.6) is 0 Å². The fraction of sp³-hybridized carbons (Fsp3) is 0.650. The van der Waals surface area contributed by atoms with Gasteiger partial charge < -0.3 is 9.42 Å². The number of nitrogens with zero attached hydrogens (tertiary/aromatic N) is 3. The Morgan fingerprint density at radius 3 is 2.64 bits per heavy atom. The van der Waals surface area contributed by atoms with Crippen molar-refractivity contribution >= 4 is 16.8 Å². The Morgan fingerprint density at radius 1 is 1.12 bits per heavy atom. The molecule has 1 aliphatic carbocycles. The minimum Gasteiger partial charge on any atom is -0.354 e. The van der Waals surface area contributed by atoms with Gasteiger partial charge >= 0.3 is 0 Å². The summed E-state index contributed by atoms with van der Waals surface area (Å²) in [5.74, 6) is 2.45. The Hall–Kier alpha value is -1.62. The molecule has 1 aromatic carbocycles. The van der Waals surface area contributed by atoms with Crippen molar-refractivity contribution in [3.63, 3.8) is 0 Å². The molecule has 2 heterocycles. The Bertz CT molecular complexity index is 700. The average molecular weight is 345 g/mol. The lowest BCUT2D eigenvalue weighted by molar-refractivity contribution is 0.208. The van der Waals surface area contributed by atoms with Gasteiger partial charge in [0.2, 0.25) is 0 Å². The summed E-state index contributed by atoms with van der Waals surface area (Å²) >= 11 is 0. The number of rotatable bonds is 4. The van der Waals surface area contributed by atoms with Crippen LogP contribution >= 0.6 is 0 Å². The quantitative estimate of drug-likeness (QED) is 0.827. The molecule has 2 aliphatic rings. The van der Waals surface area contributed by atoms with Crippen molar-refractivity contribution in [3.8, 4) is 0 Å². The van der Waals surface area contributed by atoms with E-state index in [1.165, 1.54) is 50.8 Å². The summed E-state index contributed by atoms with van der Waals surface area (Å²) in [6, 6.07) is 4.66. The van der Waals surface area contributed by atoms with Crippen LogP contribution in [0.1, 0.15) is 39.0 Å². The van der Waals surface area contributed by atoms with Crippen molar-refractivity contribution in [1.29, 1.82) is 0 Å². The molecule has 0 atom stereocenters. The van der Waals surface area contributed by atoms with E-state index in [1.54, 1.807) is 6.07 Å². The number of anilines is 1. The molecule has 5 heteroatoms. The summed E-state index contributed by atoms with van der Waals surface area (Å²) in [6.07, 6.45) is 7.01. The highest BCUT2D eigenvalue weighted by Crippen LogP contribution is 2.31. The minimum atomic E-state index is -0.280. The molecular weight excluding hydrogens is 317 g/mol. The van der Waals surface area contributed by atoms with Crippen molar-refractivity contribution in [1.82, 2.24) is 10.1 Å². The second-order valence-corrected chi connectivity index (χ2v) is 7.89. The van der Waals surface area contributed by atoms with E-state index in [9.17, 15) is 4.39 Å². The molecule has 25 heavy (non-hydrogen) atoms. The first-order chi connectivity index (χ1) is 12.2. The fourth-order valence-electron chi connectivity index (χ4n) is 4.29. The lowest BCUT2D eigenvalue weighted by Crippen LogP contribution is -2.47. The highest BCUT2D eigenvalue weighted by molar-refractivity contribution is 5.88. The van der Waals surface area contributed by atoms with E-state index in [0.717, 1.165) is 49.2 Å². The smallest absolute Gasteiger partial charge is 0.180 e. The highest BCUT2D eigenvalue weighted by Gasteiger charge is 2.23. The lowest BCUT2D eigenvalue weighted by atomic mass is 9.81. The third-order valence-electron chi connectivity index (χ3n) is 6.08. The van der Waals surface area contributed by atoms with E-state index in [0.29, 0.717) is 5.58 Å². The van der Waals surface area contributed by atoms with Gasteiger partial charge in [0.25, 0.3) is 0 Å². The van der Waals surface area contributed by atoms with Crippen LogP contribution in [-0.4, -0.2) is 42.8 Å². The number of hydrogen-bond donors (Lipinski definition) is 0. The summed E-state index contributed by atoms with van der Waals surface area (Å²) in [5, 5.41) is 5.09. The monoisotopic (exact) mass is 345 g/mol. The second-order valence-electron chi connectivity index (χ2n) is 7.89. The van der Waals surface area contributed by atoms with Crippen LogP contribution in [-0.2, 0) is 0 Å². The topological polar surface area (TPSA) is 32.5 Å². The van der Waals surface area contributed by atoms with Gasteiger partial charge in [0.05, 0.1) is 5.39 Å². The fourth-order valence-corrected chi connectivity index (χ4v) is 4.29. The van der Waals surface area contributed by atoms with Gasteiger partial charge in [0, 0.05) is 32.2 Å². The van der Waals surface area contributed by atoms with Crippen LogP contribution in [0.15, 0.2) is 22.7 Å². The normalized spacial score (nSPS) is 25.6. The molecule has 2 aromatic rings. The van der Waals surface area contributed by atoms with Crippen LogP contribution < -0.4 is 4.90 Å². The zero-order chi connectivity index (χ0) is 17.2. The predicted octanol–water partition coefficient (Wildman–Crippen LogP) is 4.31. The van der Waals surface area contributed by atoms with E-state index in [-0.39, 0.29) is 5.82 Å². The van der Waals surface area contributed by atoms with Crippen molar-refractivity contribution in [2.75, 3.05) is 37.6 Å². The van der Waals surface area contributed by atoms with Crippen molar-refractivity contribution < 1.29 is 8.91 Å². The van der Waals surface area contributed by atoms with Crippen LogP contribution in [0.2, 0.25) is 0 Å². The zero-order valence-corrected chi connectivity index (χ0v) is 15.1. The molecule has 4 nitrogen and oxygen atoms in total. The Balaban J connectivity index is 1.29. The minimum absolute atomic E-state index is 0.280. The van der Waals surface area contributed by atoms with E-state index in [2.05, 4.69) is 21.9 Å². The van der Waals surface area contributed by atoms with E-state index in [4.69, 9.17) is 4.52 Å². The molecule has 0 spiro atoms. The van der Waals surface area contributed by atoms with Gasteiger partial charge in [0.1, 0.15) is 5.82 Å². The molecule has 0 unspecified atom stereocenters. The molecule has 2 fully saturated rings. The van der Waals surface area contributed by atoms with Gasteiger partial charge in [-0.05, 0) is 36.9 Å². The van der Waals surface area contributed by atoms with E-state index < -0.39 is 0 Å². The third kappa shape index (κ3) is 3.81. The molecule has 0 N–H and O–H groups in total. The third-order valence-corrected chi connectivity index (χ3v) is 6.08. The zero-order valence-electron chi connectivity index (χ0n) is 15.1. The van der Waals surface area contributed by atoms with Crippen LogP contribution in [0, 0.1) is 17.7 Å². The summed E-state index contributed by atoms with van der Waals surface area (Å²) in [5.41, 5.74) is 0.531. The molecule has 1 saturated heterocycles. The van der Waals surface area contributed by atoms with Crippen molar-refractivity contribution in [2.45, 2.75) is 39.0 Å². The maximum atomic E-state index is 13.3. The first-order valence-electron chi connectivity index (χ1n) is 9.71. The van der Waals surface area contributed by atoms with Crippen LogP contribution in [0.3, 0.4) is 0 Å². The maximum absolute atomic E-state index is 13.3. The SMILES string of the molecule is C[C@H]1CC[C@H](CCN2CCN(c3noc4cc(F)ccc34)CC2)CC1. The number of aromatic nitrogens is 1. The van der Waals surface area contributed by atoms with Gasteiger partial charge in [-0.25, -0.2) is 4.39 Å². The Labute approximate surface area is 148 Å². The standard InChI is InChI=1S/C20H28FN3O/c1-15-2-4-16(5-3-15)8-9-23-10-12-24(13-11-23)20-18-7-6-17(21)14-19(18)25-22-20/h6-7,14-16H,2-5,8-13H2,1H3/t15-,16-. The number of piperazine rings is 1. The maximum Gasteiger partial charge on any atom is 0.180 e. The highest BCUT2D eigenvalue weighted by atomic mass is 19.1. The molecule has 0 amide bonds. The van der Waals surface area contributed by atoms with Gasteiger partial charge in [0.15, 0.2) is 11.4 Å². The largest absolute Gasteiger partial charge is 0.354 e. The van der Waals surface area contributed by atoms with Gasteiger partial charge in [-0.2, -0.15) is 0 Å². The number of halogens is 1. The van der Waals surface area contributed by atoms with Crippen LogP contribution in [0.4, 0.5) is 10.2 Å². The Morgan fingerprint density at radius 2 is 1.88 bits per heavy atom. The van der Waals surface area contributed by atoms with Gasteiger partial charge in [-0.15, -0.1) is 0 Å². The molecule has 136 valence electrons. The average Bonchev–Trinajstić information content (AvgIpc) is 3.04. The second kappa shape index (κ2) is 7.32. The van der Waals surface area contributed by atoms with E-state index in [1.807, 2.05) is 0 Å². The molecule has 1 saturated carbocycles. The predicted molar refractivity (Wildman–Crippen MR) is 98.4 cm³/mol. The van der Waals surface area contributed by atoms with Crippen LogP contribution in [0.25, 0.3) is 11.0 Å². The van der Waals surface area contributed by atoms with Gasteiger partial charge in [-0.3, -0.25) is 4.90 Å². The Kier molecular flexibility index (Phi) is 4.93. The molecule has 4 rings (SSSR count). The molecule has 0 bridgehead atoms. The lowest BCUT2D eigenvalue weighted by Gasteiger charge is -2.36. The van der Waals surface area contributed by atoms with E-state index >= 15 is 0 Å². The summed E-state index contributed by atoms with van der Waals surface area (Å²) in [7, 11) is 0. The summed E-state index contributed by atoms with van der Waals surface area (Å²) < 4.78 is 18.6. The number of hydrogen-bond acceptors (Lipinski definition) is 4. The first kappa shape index (κ1) is 16.8. The van der Waals surface area contributed by atoms with Crippen molar-refractivity contribution in [2.24, 2.45) is 11.8 Å². The molecule has 0 radical (unpaired) electrons. The molecule has 1 aromatic heterocycles. The number of fused-ring (bicyclic) bond motifs is 1. The molecule has 1 aliphatic heterocycles. The van der Waals surface area contributed by atoms with Gasteiger partial charge in [-0.1, -0.05) is 37.8 Å². The first-order valence-corrected chi connectivity index (χ1v) is 9.71. The van der Waals surface area contributed by atoms with Crippen molar-refractivity contribution in [3.05, 3.63) is 24.0 Å².